The fourth-order valence-corrected chi connectivity index (χ4v) is 4.55. The maximum Gasteiger partial charge on any atom is 0.291 e. The van der Waals surface area contributed by atoms with Crippen LogP contribution >= 0.6 is 0 Å². The number of furan rings is 1. The average molecular weight is 450 g/mol. The maximum atomic E-state index is 13.3. The lowest BCUT2D eigenvalue weighted by Gasteiger charge is -2.37. The molecule has 0 N–H and O–H groups in total. The number of anilines is 1. The smallest absolute Gasteiger partial charge is 0.291 e. The SMILES string of the molecule is CCc1nn(C(C)C(=O)N2CCN(c3cccc(OC)c3)CC2)c(=O)c2cc3occc3n12. The summed E-state index contributed by atoms with van der Waals surface area (Å²) in [6.45, 7) is 6.30. The summed E-state index contributed by atoms with van der Waals surface area (Å²) in [7, 11) is 1.65. The van der Waals surface area contributed by atoms with Crippen LogP contribution in [0.1, 0.15) is 25.7 Å². The molecule has 1 aromatic carbocycles. The van der Waals surface area contributed by atoms with Crippen LogP contribution in [0.4, 0.5) is 5.69 Å². The Balaban J connectivity index is 1.37. The third-order valence-electron chi connectivity index (χ3n) is 6.38. The highest BCUT2D eigenvalue weighted by Gasteiger charge is 2.28. The Kier molecular flexibility index (Phi) is 5.32. The van der Waals surface area contributed by atoms with Gasteiger partial charge in [-0.3, -0.25) is 14.0 Å². The van der Waals surface area contributed by atoms with Gasteiger partial charge in [-0.25, -0.2) is 4.68 Å². The Bertz CT molecular complexity index is 1380. The Morgan fingerprint density at radius 3 is 2.67 bits per heavy atom. The molecule has 3 aromatic heterocycles. The summed E-state index contributed by atoms with van der Waals surface area (Å²) in [4.78, 5) is 30.6. The van der Waals surface area contributed by atoms with Crippen LogP contribution in [-0.2, 0) is 11.2 Å². The first kappa shape index (κ1) is 21.1. The van der Waals surface area contributed by atoms with Gasteiger partial charge in [0.2, 0.25) is 5.91 Å². The van der Waals surface area contributed by atoms with Gasteiger partial charge in [0.15, 0.2) is 5.58 Å². The summed E-state index contributed by atoms with van der Waals surface area (Å²) in [6.07, 6.45) is 2.21. The second-order valence-corrected chi connectivity index (χ2v) is 8.24. The Labute approximate surface area is 190 Å². The average Bonchev–Trinajstić information content (AvgIpc) is 3.46. The second kappa shape index (κ2) is 8.31. The van der Waals surface area contributed by atoms with Gasteiger partial charge in [0.25, 0.3) is 5.56 Å². The maximum absolute atomic E-state index is 13.3. The number of nitrogens with zero attached hydrogens (tertiary/aromatic N) is 5. The van der Waals surface area contributed by atoms with Crippen molar-refractivity contribution in [2.24, 2.45) is 0 Å². The minimum Gasteiger partial charge on any atom is -0.497 e. The fraction of sp³-hybridized carbons (Fsp3) is 0.375. The standard InChI is InChI=1S/C24H27N5O4/c1-4-22-25-29(24(31)20-15-21-19(28(20)22)8-13-33-21)16(2)23(30)27-11-9-26(10-12-27)17-6-5-7-18(14-17)32-3/h5-8,13-16H,4,9-12H2,1-3H3. The molecule has 1 unspecified atom stereocenters. The van der Waals surface area contributed by atoms with Gasteiger partial charge in [0.1, 0.15) is 23.1 Å². The molecule has 1 fully saturated rings. The number of benzene rings is 1. The van der Waals surface area contributed by atoms with Crippen molar-refractivity contribution < 1.29 is 13.9 Å². The predicted molar refractivity (Wildman–Crippen MR) is 125 cm³/mol. The minimum atomic E-state index is -0.697. The molecule has 1 aliphatic rings. The van der Waals surface area contributed by atoms with Gasteiger partial charge in [-0.1, -0.05) is 13.0 Å². The lowest BCUT2D eigenvalue weighted by molar-refractivity contribution is -0.135. The Morgan fingerprint density at radius 1 is 1.15 bits per heavy atom. The van der Waals surface area contributed by atoms with Crippen LogP contribution < -0.4 is 15.2 Å². The number of hydrogen-bond donors (Lipinski definition) is 0. The van der Waals surface area contributed by atoms with E-state index in [0.717, 1.165) is 17.0 Å². The van der Waals surface area contributed by atoms with E-state index in [-0.39, 0.29) is 11.5 Å². The molecule has 1 amide bonds. The van der Waals surface area contributed by atoms with Crippen LogP contribution in [0.2, 0.25) is 0 Å². The summed E-state index contributed by atoms with van der Waals surface area (Å²) < 4.78 is 13.9. The van der Waals surface area contributed by atoms with Gasteiger partial charge in [0.05, 0.1) is 18.9 Å². The molecule has 1 atom stereocenters. The zero-order valence-electron chi connectivity index (χ0n) is 19.0. The number of amides is 1. The normalized spacial score (nSPS) is 15.4. The van der Waals surface area contributed by atoms with Crippen molar-refractivity contribution in [3.63, 3.8) is 0 Å². The highest BCUT2D eigenvalue weighted by atomic mass is 16.5. The minimum absolute atomic E-state index is 0.100. The summed E-state index contributed by atoms with van der Waals surface area (Å²) in [6, 6.07) is 10.8. The molecule has 0 radical (unpaired) electrons. The molecule has 0 saturated carbocycles. The van der Waals surface area contributed by atoms with Crippen molar-refractivity contribution in [2.75, 3.05) is 38.2 Å². The molecule has 0 aliphatic carbocycles. The number of carbonyl (C=O) groups is 1. The number of carbonyl (C=O) groups excluding carboxylic acids is 1. The van der Waals surface area contributed by atoms with Crippen molar-refractivity contribution in [3.05, 3.63) is 58.8 Å². The van der Waals surface area contributed by atoms with Gasteiger partial charge in [-0.15, -0.1) is 0 Å². The number of piperazine rings is 1. The first-order valence-electron chi connectivity index (χ1n) is 11.2. The van der Waals surface area contributed by atoms with Crippen LogP contribution in [0.15, 0.2) is 51.9 Å². The molecule has 1 aliphatic heterocycles. The van der Waals surface area contributed by atoms with E-state index >= 15 is 0 Å². The third-order valence-corrected chi connectivity index (χ3v) is 6.38. The lowest BCUT2D eigenvalue weighted by atomic mass is 10.2. The molecular formula is C24H27N5O4. The van der Waals surface area contributed by atoms with Crippen molar-refractivity contribution in [1.29, 1.82) is 0 Å². The quantitative estimate of drug-likeness (QED) is 0.466. The zero-order valence-corrected chi connectivity index (χ0v) is 19.0. The fourth-order valence-electron chi connectivity index (χ4n) is 4.55. The topological polar surface area (TPSA) is 85.2 Å². The first-order chi connectivity index (χ1) is 16.0. The van der Waals surface area contributed by atoms with E-state index < -0.39 is 6.04 Å². The Hall–Kier alpha value is -3.75. The molecule has 9 nitrogen and oxygen atoms in total. The monoisotopic (exact) mass is 449 g/mol. The van der Waals surface area contributed by atoms with Crippen molar-refractivity contribution >= 4 is 28.2 Å². The van der Waals surface area contributed by atoms with Crippen molar-refractivity contribution in [1.82, 2.24) is 19.1 Å². The molecule has 5 rings (SSSR count). The largest absolute Gasteiger partial charge is 0.497 e. The summed E-state index contributed by atoms with van der Waals surface area (Å²) in [5.41, 5.74) is 2.69. The van der Waals surface area contributed by atoms with E-state index in [2.05, 4.69) is 10.00 Å². The molecule has 1 saturated heterocycles. The van der Waals surface area contributed by atoms with Gasteiger partial charge < -0.3 is 19.0 Å². The number of hydrogen-bond acceptors (Lipinski definition) is 6. The van der Waals surface area contributed by atoms with Crippen molar-refractivity contribution in [2.45, 2.75) is 26.3 Å². The molecule has 172 valence electrons. The molecule has 4 heterocycles. The van der Waals surface area contributed by atoms with Crippen molar-refractivity contribution in [3.8, 4) is 5.75 Å². The molecule has 4 aromatic rings. The molecule has 0 spiro atoms. The van der Waals surface area contributed by atoms with Crippen LogP contribution in [0.3, 0.4) is 0 Å². The van der Waals surface area contributed by atoms with Crippen LogP contribution in [0.25, 0.3) is 16.6 Å². The number of rotatable bonds is 5. The van der Waals surface area contributed by atoms with E-state index in [4.69, 9.17) is 9.15 Å². The summed E-state index contributed by atoms with van der Waals surface area (Å²) >= 11 is 0. The number of ether oxygens (including phenoxy) is 1. The lowest BCUT2D eigenvalue weighted by Crippen LogP contribution is -2.51. The van der Waals surface area contributed by atoms with E-state index in [1.165, 1.54) is 4.68 Å². The molecule has 9 heteroatoms. The predicted octanol–water partition coefficient (Wildman–Crippen LogP) is 2.72. The van der Waals surface area contributed by atoms with E-state index in [1.807, 2.05) is 46.6 Å². The number of fused-ring (bicyclic) bond motifs is 3. The molecule has 0 bridgehead atoms. The number of aryl methyl sites for hydroxylation is 1. The highest BCUT2D eigenvalue weighted by Crippen LogP contribution is 2.24. The zero-order chi connectivity index (χ0) is 23.1. The van der Waals surface area contributed by atoms with Gasteiger partial charge in [0, 0.05) is 56.5 Å². The Morgan fingerprint density at radius 2 is 1.94 bits per heavy atom. The summed E-state index contributed by atoms with van der Waals surface area (Å²) in [5, 5.41) is 4.57. The van der Waals surface area contributed by atoms with Crippen LogP contribution in [0, 0.1) is 0 Å². The third kappa shape index (κ3) is 3.53. The highest BCUT2D eigenvalue weighted by molar-refractivity contribution is 5.83. The number of methoxy groups -OCH3 is 1. The van der Waals surface area contributed by atoms with E-state index in [0.29, 0.717) is 49.5 Å². The van der Waals surface area contributed by atoms with E-state index in [9.17, 15) is 9.59 Å². The first-order valence-corrected chi connectivity index (χ1v) is 11.2. The summed E-state index contributed by atoms with van der Waals surface area (Å²) in [5.74, 6) is 1.42. The molecular weight excluding hydrogens is 422 g/mol. The second-order valence-electron chi connectivity index (χ2n) is 8.24. The van der Waals surface area contributed by atoms with Crippen LogP contribution in [-0.4, -0.2) is 58.3 Å². The van der Waals surface area contributed by atoms with Gasteiger partial charge in [-0.2, -0.15) is 5.10 Å². The van der Waals surface area contributed by atoms with Gasteiger partial charge >= 0.3 is 0 Å². The van der Waals surface area contributed by atoms with Gasteiger partial charge in [-0.05, 0) is 19.1 Å². The van der Waals surface area contributed by atoms with E-state index in [1.54, 1.807) is 26.4 Å². The molecule has 33 heavy (non-hydrogen) atoms. The number of aromatic nitrogens is 3. The van der Waals surface area contributed by atoms with Crippen LogP contribution in [0.5, 0.6) is 5.75 Å².